The van der Waals surface area contributed by atoms with E-state index >= 15 is 0 Å². The first-order chi connectivity index (χ1) is 9.99. The molecule has 21 heavy (non-hydrogen) atoms. The lowest BCUT2D eigenvalue weighted by Crippen LogP contribution is -2.55. The second-order valence-corrected chi connectivity index (χ2v) is 7.21. The Hall–Kier alpha value is -0.650. The van der Waals surface area contributed by atoms with Gasteiger partial charge in [0.15, 0.2) is 0 Å². The molecule has 5 nitrogen and oxygen atoms in total. The van der Waals surface area contributed by atoms with Crippen LogP contribution >= 0.6 is 0 Å². The number of rotatable bonds is 5. The second kappa shape index (κ2) is 7.07. The summed E-state index contributed by atoms with van der Waals surface area (Å²) in [6.45, 7) is 5.42. The Labute approximate surface area is 128 Å². The van der Waals surface area contributed by atoms with Crippen molar-refractivity contribution >= 4 is 5.91 Å². The maximum Gasteiger partial charge on any atom is 0.224 e. The lowest BCUT2D eigenvalue weighted by atomic mass is 9.73. The molecule has 0 radical (unpaired) electrons. The number of carbonyl (C=O) groups is 1. The van der Waals surface area contributed by atoms with Crippen molar-refractivity contribution in [2.45, 2.75) is 51.0 Å². The number of methoxy groups -OCH3 is 1. The quantitative estimate of drug-likeness (QED) is 0.708. The molecule has 2 unspecified atom stereocenters. The molecule has 0 aromatic rings. The topological polar surface area (TPSA) is 76.4 Å². The highest BCUT2D eigenvalue weighted by Gasteiger charge is 2.39. The van der Waals surface area contributed by atoms with Crippen LogP contribution in [0.1, 0.15) is 45.4 Å². The number of piperidine rings is 1. The number of hydrogen-bond acceptors (Lipinski definition) is 4. The maximum absolute atomic E-state index is 12.6. The number of nitrogens with two attached hydrogens (primary N) is 1. The summed E-state index contributed by atoms with van der Waals surface area (Å²) < 4.78 is 5.40. The van der Waals surface area contributed by atoms with Gasteiger partial charge in [0, 0.05) is 24.6 Å². The first kappa shape index (κ1) is 16.7. The van der Waals surface area contributed by atoms with Crippen molar-refractivity contribution in [1.82, 2.24) is 10.6 Å². The van der Waals surface area contributed by atoms with Gasteiger partial charge in [0.2, 0.25) is 5.91 Å². The molecule has 0 aromatic carbocycles. The molecule has 1 saturated heterocycles. The minimum Gasteiger partial charge on any atom is -0.384 e. The zero-order valence-corrected chi connectivity index (χ0v) is 13.5. The Bertz CT molecular complexity index is 346. The minimum atomic E-state index is -0.356. The third kappa shape index (κ3) is 4.18. The second-order valence-electron chi connectivity index (χ2n) is 7.21. The van der Waals surface area contributed by atoms with Crippen LogP contribution in [0.2, 0.25) is 0 Å². The van der Waals surface area contributed by atoms with Crippen LogP contribution in [0.15, 0.2) is 0 Å². The average molecular weight is 297 g/mol. The minimum absolute atomic E-state index is 0.0486. The smallest absolute Gasteiger partial charge is 0.224 e. The van der Waals surface area contributed by atoms with Crippen LogP contribution in [0.3, 0.4) is 0 Å². The summed E-state index contributed by atoms with van der Waals surface area (Å²) >= 11 is 0. The number of carbonyl (C=O) groups excluding carboxylic acids is 1. The predicted octanol–water partition coefficient (Wildman–Crippen LogP) is 1.03. The molecule has 5 heteroatoms. The highest BCUT2D eigenvalue weighted by Crippen LogP contribution is 2.33. The molecule has 0 bridgehead atoms. The summed E-state index contributed by atoms with van der Waals surface area (Å²) in [6.07, 6.45) is 6.20. The van der Waals surface area contributed by atoms with Gasteiger partial charge < -0.3 is 21.1 Å². The van der Waals surface area contributed by atoms with Gasteiger partial charge in [-0.05, 0) is 45.7 Å². The summed E-state index contributed by atoms with van der Waals surface area (Å²) in [5.74, 6) is 0.0845. The molecule has 2 aliphatic rings. The average Bonchev–Trinajstić information content (AvgIpc) is 2.46. The van der Waals surface area contributed by atoms with E-state index in [1.54, 1.807) is 7.11 Å². The van der Waals surface area contributed by atoms with Crippen LogP contribution in [0.5, 0.6) is 0 Å². The molecule has 1 aliphatic carbocycles. The predicted molar refractivity (Wildman–Crippen MR) is 84.0 cm³/mol. The van der Waals surface area contributed by atoms with Gasteiger partial charge in [0.25, 0.3) is 0 Å². The van der Waals surface area contributed by atoms with E-state index in [-0.39, 0.29) is 22.8 Å². The van der Waals surface area contributed by atoms with Crippen molar-refractivity contribution in [2.24, 2.45) is 17.1 Å². The van der Waals surface area contributed by atoms with Crippen LogP contribution in [0.25, 0.3) is 0 Å². The molecule has 2 rings (SSSR count). The van der Waals surface area contributed by atoms with E-state index in [0.29, 0.717) is 13.2 Å². The summed E-state index contributed by atoms with van der Waals surface area (Å²) in [4.78, 5) is 12.6. The highest BCUT2D eigenvalue weighted by molar-refractivity contribution is 5.80. The Morgan fingerprint density at radius 3 is 2.67 bits per heavy atom. The van der Waals surface area contributed by atoms with Gasteiger partial charge >= 0.3 is 0 Å². The van der Waals surface area contributed by atoms with Crippen molar-refractivity contribution in [3.05, 3.63) is 0 Å². The number of nitrogens with one attached hydrogen (secondary N) is 2. The van der Waals surface area contributed by atoms with E-state index < -0.39 is 0 Å². The van der Waals surface area contributed by atoms with Crippen molar-refractivity contribution < 1.29 is 9.53 Å². The lowest BCUT2D eigenvalue weighted by molar-refractivity contribution is -0.129. The van der Waals surface area contributed by atoms with Crippen LogP contribution in [-0.4, -0.2) is 44.8 Å². The highest BCUT2D eigenvalue weighted by atomic mass is 16.5. The first-order valence-electron chi connectivity index (χ1n) is 8.25. The number of amides is 1. The molecule has 122 valence electrons. The monoisotopic (exact) mass is 297 g/mol. The van der Waals surface area contributed by atoms with Gasteiger partial charge in [-0.15, -0.1) is 0 Å². The van der Waals surface area contributed by atoms with E-state index in [0.717, 1.165) is 51.6 Å². The van der Waals surface area contributed by atoms with Gasteiger partial charge in [-0.3, -0.25) is 4.79 Å². The van der Waals surface area contributed by atoms with E-state index in [1.807, 2.05) is 6.92 Å². The normalized spacial score (nSPS) is 32.6. The lowest BCUT2D eigenvalue weighted by Gasteiger charge is -2.40. The Morgan fingerprint density at radius 2 is 2.05 bits per heavy atom. The standard InChI is InChI=1S/C16H31N3O2/c1-15(17)6-4-3-5-13(15)14(20)19-11-16(12-21-2)7-9-18-10-8-16/h13,18H,3-12,17H2,1-2H3,(H,19,20). The van der Waals surface area contributed by atoms with E-state index in [4.69, 9.17) is 10.5 Å². The molecule has 4 N–H and O–H groups in total. The molecule has 2 atom stereocenters. The van der Waals surface area contributed by atoms with Gasteiger partial charge in [0.1, 0.15) is 0 Å². The Kier molecular flexibility index (Phi) is 5.63. The fourth-order valence-corrected chi connectivity index (χ4v) is 3.82. The molecule has 0 aromatic heterocycles. The zero-order valence-electron chi connectivity index (χ0n) is 13.5. The Morgan fingerprint density at radius 1 is 1.33 bits per heavy atom. The fourth-order valence-electron chi connectivity index (χ4n) is 3.82. The number of hydrogen-bond donors (Lipinski definition) is 3. The van der Waals surface area contributed by atoms with Gasteiger partial charge in [-0.1, -0.05) is 12.8 Å². The van der Waals surface area contributed by atoms with Crippen LogP contribution in [0.4, 0.5) is 0 Å². The molecular weight excluding hydrogens is 266 g/mol. The summed E-state index contributed by atoms with van der Waals surface area (Å²) in [5, 5.41) is 6.55. The SMILES string of the molecule is COCC1(CNC(=O)C2CCCCC2(C)N)CCNCC1. The van der Waals surface area contributed by atoms with E-state index in [1.165, 1.54) is 0 Å². The van der Waals surface area contributed by atoms with E-state index in [9.17, 15) is 4.79 Å². The van der Waals surface area contributed by atoms with Gasteiger partial charge in [0.05, 0.1) is 12.5 Å². The molecule has 0 spiro atoms. The summed E-state index contributed by atoms with van der Waals surface area (Å²) in [7, 11) is 1.74. The van der Waals surface area contributed by atoms with Gasteiger partial charge in [-0.25, -0.2) is 0 Å². The first-order valence-corrected chi connectivity index (χ1v) is 8.25. The largest absolute Gasteiger partial charge is 0.384 e. The third-order valence-corrected chi connectivity index (χ3v) is 5.32. The van der Waals surface area contributed by atoms with Crippen molar-refractivity contribution in [3.63, 3.8) is 0 Å². The molecule has 1 saturated carbocycles. The summed E-state index contributed by atoms with van der Waals surface area (Å²) in [6, 6.07) is 0. The fraction of sp³-hybridized carbons (Fsp3) is 0.938. The molecular formula is C16H31N3O2. The van der Waals surface area contributed by atoms with Gasteiger partial charge in [-0.2, -0.15) is 0 Å². The zero-order chi connectivity index (χ0) is 15.3. The van der Waals surface area contributed by atoms with Crippen LogP contribution in [-0.2, 0) is 9.53 Å². The van der Waals surface area contributed by atoms with E-state index in [2.05, 4.69) is 10.6 Å². The van der Waals surface area contributed by atoms with Crippen molar-refractivity contribution in [1.29, 1.82) is 0 Å². The Balaban J connectivity index is 1.92. The third-order valence-electron chi connectivity index (χ3n) is 5.32. The molecule has 2 fully saturated rings. The van der Waals surface area contributed by atoms with Crippen LogP contribution < -0.4 is 16.4 Å². The summed E-state index contributed by atoms with van der Waals surface area (Å²) in [5.41, 5.74) is 6.05. The van der Waals surface area contributed by atoms with Crippen LogP contribution in [0, 0.1) is 11.3 Å². The molecule has 1 heterocycles. The number of ether oxygens (including phenoxy) is 1. The van der Waals surface area contributed by atoms with Crippen molar-refractivity contribution in [3.8, 4) is 0 Å². The maximum atomic E-state index is 12.6. The van der Waals surface area contributed by atoms with Crippen molar-refractivity contribution in [2.75, 3.05) is 33.4 Å². The molecule has 1 amide bonds. The molecule has 1 aliphatic heterocycles.